The first kappa shape index (κ1) is 20.0. The van der Waals surface area contributed by atoms with Gasteiger partial charge in [-0.05, 0) is 51.6 Å². The number of hydrogen-bond acceptors (Lipinski definition) is 4. The highest BCUT2D eigenvalue weighted by Crippen LogP contribution is 2.30. The van der Waals surface area contributed by atoms with Crippen LogP contribution >= 0.6 is 0 Å². The number of nitrogens with zero attached hydrogens (tertiary/aromatic N) is 1. The van der Waals surface area contributed by atoms with Gasteiger partial charge in [0.15, 0.2) is 0 Å². The van der Waals surface area contributed by atoms with E-state index in [0.29, 0.717) is 19.4 Å². The summed E-state index contributed by atoms with van der Waals surface area (Å²) in [5.41, 5.74) is 11.0. The molecule has 1 aliphatic heterocycles. The number of urea groups is 1. The number of nitrogens with two attached hydrogens (primary N) is 2. The van der Waals surface area contributed by atoms with Gasteiger partial charge in [-0.2, -0.15) is 0 Å². The SMILES string of the molecule is NC(=O)NCCC[C@H](N)C(=O)NC1(CN2CCCCC2)CCCCC1. The van der Waals surface area contributed by atoms with Gasteiger partial charge in [0.2, 0.25) is 5.91 Å². The third-order valence-electron chi connectivity index (χ3n) is 5.50. The lowest BCUT2D eigenvalue weighted by Gasteiger charge is -2.43. The third kappa shape index (κ3) is 6.82. The van der Waals surface area contributed by atoms with E-state index in [1.165, 1.54) is 38.5 Å². The normalized spacial score (nSPS) is 22.1. The lowest BCUT2D eigenvalue weighted by Crippen LogP contribution is -2.60. The smallest absolute Gasteiger partial charge is 0.312 e. The fourth-order valence-corrected chi connectivity index (χ4v) is 4.12. The molecule has 0 bridgehead atoms. The molecule has 2 aliphatic rings. The first-order valence-electron chi connectivity index (χ1n) is 9.84. The number of nitrogens with one attached hydrogen (secondary N) is 2. The summed E-state index contributed by atoms with van der Waals surface area (Å²) in [5, 5.41) is 5.84. The Balaban J connectivity index is 1.84. The highest BCUT2D eigenvalue weighted by molar-refractivity contribution is 5.82. The number of piperidine rings is 1. The van der Waals surface area contributed by atoms with E-state index in [-0.39, 0.29) is 11.4 Å². The second-order valence-corrected chi connectivity index (χ2v) is 7.71. The summed E-state index contributed by atoms with van der Waals surface area (Å²) < 4.78 is 0. The zero-order chi connectivity index (χ0) is 18.1. The maximum Gasteiger partial charge on any atom is 0.312 e. The average molecular weight is 354 g/mol. The molecule has 0 aromatic carbocycles. The predicted molar refractivity (Wildman–Crippen MR) is 99.0 cm³/mol. The monoisotopic (exact) mass is 353 g/mol. The van der Waals surface area contributed by atoms with Crippen LogP contribution in [0.5, 0.6) is 0 Å². The summed E-state index contributed by atoms with van der Waals surface area (Å²) in [5.74, 6) is -0.0574. The van der Waals surface area contributed by atoms with Crippen molar-refractivity contribution in [2.45, 2.75) is 75.8 Å². The molecule has 0 unspecified atom stereocenters. The molecule has 1 saturated heterocycles. The molecular weight excluding hydrogens is 318 g/mol. The molecule has 2 fully saturated rings. The molecule has 0 spiro atoms. The van der Waals surface area contributed by atoms with Crippen molar-refractivity contribution in [1.82, 2.24) is 15.5 Å². The minimum Gasteiger partial charge on any atom is -0.352 e. The Labute approximate surface area is 151 Å². The molecule has 0 radical (unpaired) electrons. The highest BCUT2D eigenvalue weighted by Gasteiger charge is 2.36. The molecule has 0 aromatic heterocycles. The molecular formula is C18H35N5O2. The van der Waals surface area contributed by atoms with Gasteiger partial charge < -0.3 is 27.0 Å². The Morgan fingerprint density at radius 1 is 1.04 bits per heavy atom. The van der Waals surface area contributed by atoms with Crippen LogP contribution in [0.2, 0.25) is 0 Å². The summed E-state index contributed by atoms with van der Waals surface area (Å²) in [6.07, 6.45) is 10.7. The van der Waals surface area contributed by atoms with Crippen LogP contribution in [0.4, 0.5) is 4.79 Å². The van der Waals surface area contributed by atoms with Crippen molar-refractivity contribution in [3.05, 3.63) is 0 Å². The van der Waals surface area contributed by atoms with E-state index in [9.17, 15) is 9.59 Å². The van der Waals surface area contributed by atoms with Gasteiger partial charge in [0.25, 0.3) is 0 Å². The van der Waals surface area contributed by atoms with E-state index in [2.05, 4.69) is 15.5 Å². The number of amides is 3. The van der Waals surface area contributed by atoms with Crippen LogP contribution in [0.15, 0.2) is 0 Å². The molecule has 1 atom stereocenters. The van der Waals surface area contributed by atoms with Gasteiger partial charge >= 0.3 is 6.03 Å². The second-order valence-electron chi connectivity index (χ2n) is 7.71. The molecule has 7 heteroatoms. The van der Waals surface area contributed by atoms with Crippen molar-refractivity contribution in [3.8, 4) is 0 Å². The van der Waals surface area contributed by atoms with Crippen molar-refractivity contribution in [2.24, 2.45) is 11.5 Å². The molecule has 144 valence electrons. The molecule has 7 nitrogen and oxygen atoms in total. The Kier molecular flexibility index (Phi) is 7.96. The molecule has 1 saturated carbocycles. The van der Waals surface area contributed by atoms with Crippen LogP contribution in [0.3, 0.4) is 0 Å². The number of likely N-dealkylation sites (tertiary alicyclic amines) is 1. The zero-order valence-electron chi connectivity index (χ0n) is 15.4. The third-order valence-corrected chi connectivity index (χ3v) is 5.50. The van der Waals surface area contributed by atoms with E-state index >= 15 is 0 Å². The van der Waals surface area contributed by atoms with Gasteiger partial charge in [-0.3, -0.25) is 4.79 Å². The van der Waals surface area contributed by atoms with Crippen molar-refractivity contribution in [3.63, 3.8) is 0 Å². The van der Waals surface area contributed by atoms with Crippen molar-refractivity contribution in [2.75, 3.05) is 26.2 Å². The van der Waals surface area contributed by atoms with Crippen molar-refractivity contribution in [1.29, 1.82) is 0 Å². The molecule has 1 heterocycles. The van der Waals surface area contributed by atoms with Gasteiger partial charge in [0.1, 0.15) is 0 Å². The van der Waals surface area contributed by atoms with Gasteiger partial charge in [0, 0.05) is 13.1 Å². The summed E-state index contributed by atoms with van der Waals surface area (Å²) in [6.45, 7) is 3.69. The van der Waals surface area contributed by atoms with Crippen molar-refractivity contribution < 1.29 is 9.59 Å². The maximum absolute atomic E-state index is 12.6. The van der Waals surface area contributed by atoms with Crippen LogP contribution in [0.25, 0.3) is 0 Å². The lowest BCUT2D eigenvalue weighted by molar-refractivity contribution is -0.125. The Bertz CT molecular complexity index is 431. The number of carbonyl (C=O) groups excluding carboxylic acids is 2. The van der Waals surface area contributed by atoms with Gasteiger partial charge in [-0.25, -0.2) is 4.79 Å². The number of primary amides is 1. The Morgan fingerprint density at radius 2 is 1.68 bits per heavy atom. The topological polar surface area (TPSA) is 113 Å². The van der Waals surface area contributed by atoms with Crippen molar-refractivity contribution >= 4 is 11.9 Å². The second kappa shape index (κ2) is 9.97. The highest BCUT2D eigenvalue weighted by atomic mass is 16.2. The molecule has 2 rings (SSSR count). The predicted octanol–water partition coefficient (Wildman–Crippen LogP) is 1.07. The number of carbonyl (C=O) groups is 2. The first-order valence-corrected chi connectivity index (χ1v) is 9.84. The quantitative estimate of drug-likeness (QED) is 0.489. The van der Waals surface area contributed by atoms with Gasteiger partial charge in [-0.15, -0.1) is 0 Å². The molecule has 3 amide bonds. The van der Waals surface area contributed by atoms with E-state index < -0.39 is 12.1 Å². The molecule has 6 N–H and O–H groups in total. The minimum absolute atomic E-state index is 0.0574. The summed E-state index contributed by atoms with van der Waals surface area (Å²) in [4.78, 5) is 25.8. The average Bonchev–Trinajstić information content (AvgIpc) is 2.59. The molecule has 1 aliphatic carbocycles. The van der Waals surface area contributed by atoms with E-state index in [1.807, 2.05) is 0 Å². The minimum atomic E-state index is -0.541. The Hall–Kier alpha value is -1.34. The largest absolute Gasteiger partial charge is 0.352 e. The van der Waals surface area contributed by atoms with Gasteiger partial charge in [-0.1, -0.05) is 25.7 Å². The van der Waals surface area contributed by atoms with Crippen LogP contribution in [0, 0.1) is 0 Å². The first-order chi connectivity index (χ1) is 12.0. The molecule has 25 heavy (non-hydrogen) atoms. The maximum atomic E-state index is 12.6. The van der Waals surface area contributed by atoms with Crippen LogP contribution in [-0.2, 0) is 4.79 Å². The summed E-state index contributed by atoms with van der Waals surface area (Å²) >= 11 is 0. The van der Waals surface area contributed by atoms with Crippen LogP contribution < -0.4 is 22.1 Å². The van der Waals surface area contributed by atoms with E-state index in [0.717, 1.165) is 32.5 Å². The standard InChI is InChI=1S/C18H35N5O2/c19-15(8-7-11-21-17(20)25)16(24)22-18(9-3-1-4-10-18)14-23-12-5-2-6-13-23/h15H,1-14,19H2,(H,22,24)(H3,20,21,25)/t15-/m0/s1. The summed E-state index contributed by atoms with van der Waals surface area (Å²) in [7, 11) is 0. The fourth-order valence-electron chi connectivity index (χ4n) is 4.12. The number of rotatable bonds is 8. The summed E-state index contributed by atoms with van der Waals surface area (Å²) in [6, 6.07) is -1.07. The lowest BCUT2D eigenvalue weighted by atomic mass is 9.80. The van der Waals surface area contributed by atoms with Crippen LogP contribution in [0.1, 0.15) is 64.2 Å². The molecule has 0 aromatic rings. The fraction of sp³-hybridized carbons (Fsp3) is 0.889. The Morgan fingerprint density at radius 3 is 2.32 bits per heavy atom. The zero-order valence-corrected chi connectivity index (χ0v) is 15.4. The van der Waals surface area contributed by atoms with Crippen LogP contribution in [-0.4, -0.2) is 54.6 Å². The van der Waals surface area contributed by atoms with E-state index in [4.69, 9.17) is 11.5 Å². The van der Waals surface area contributed by atoms with E-state index in [1.54, 1.807) is 0 Å². The van der Waals surface area contributed by atoms with Gasteiger partial charge in [0.05, 0.1) is 11.6 Å². The number of hydrogen-bond donors (Lipinski definition) is 4.